The molecule has 0 aliphatic rings. The van der Waals surface area contributed by atoms with Gasteiger partial charge in [0.2, 0.25) is 11.8 Å². The Bertz CT molecular complexity index is 1000. The molecule has 0 saturated heterocycles. The molecule has 1 heterocycles. The molecule has 34 heavy (non-hydrogen) atoms. The molecule has 186 valence electrons. The summed E-state index contributed by atoms with van der Waals surface area (Å²) in [6, 6.07) is 4.50. The van der Waals surface area contributed by atoms with E-state index in [0.29, 0.717) is 32.4 Å². The van der Waals surface area contributed by atoms with Gasteiger partial charge >= 0.3 is 5.97 Å². The zero-order valence-corrected chi connectivity index (χ0v) is 19.0. The van der Waals surface area contributed by atoms with Crippen LogP contribution in [0.2, 0.25) is 0 Å². The van der Waals surface area contributed by atoms with E-state index in [2.05, 4.69) is 20.6 Å². The van der Waals surface area contributed by atoms with Gasteiger partial charge in [-0.15, -0.1) is 0 Å². The maximum Gasteiger partial charge on any atom is 0.326 e. The lowest BCUT2D eigenvalue weighted by Crippen LogP contribution is -2.55. The molecule has 2 rings (SSSR count). The number of amides is 2. The molecule has 0 aliphatic carbocycles. The van der Waals surface area contributed by atoms with Gasteiger partial charge in [0, 0.05) is 30.1 Å². The number of hydrogen-bond acceptors (Lipinski definition) is 6. The fourth-order valence-electron chi connectivity index (χ4n) is 3.51. The Morgan fingerprint density at radius 2 is 1.74 bits per heavy atom. The molecule has 2 amide bonds. The Labute approximate surface area is 197 Å². The minimum Gasteiger partial charge on any atom is -0.480 e. The molecule has 0 saturated carbocycles. The van der Waals surface area contributed by atoms with Crippen molar-refractivity contribution in [3.8, 4) is 0 Å². The molecule has 2 aromatic rings. The Morgan fingerprint density at radius 3 is 2.41 bits per heavy atom. The molecule has 12 heteroatoms. The van der Waals surface area contributed by atoms with Crippen LogP contribution < -0.4 is 33.6 Å². The number of hydrogen-bond donors (Lipinski definition) is 8. The minimum absolute atomic E-state index is 0.0453. The number of rotatable bonds is 14. The van der Waals surface area contributed by atoms with Gasteiger partial charge in [0.1, 0.15) is 12.1 Å². The number of para-hydroxylation sites is 1. The first kappa shape index (κ1) is 26.6. The zero-order valence-electron chi connectivity index (χ0n) is 19.0. The molecule has 0 aliphatic heterocycles. The number of aliphatic imine (C=N–C) groups is 1. The number of carbonyl (C=O) groups excluding carboxylic acids is 2. The standard InChI is InChI=1S/C22H34N8O4/c23-9-3-8-17(21(33)34)29-20(32)18(11-13-12-28-16-7-2-1-5-14(13)16)30-19(31)15(24)6-4-10-27-22(25)26/h1-2,5,7,12,15,17-18,28H,3-4,6,8-11,23-24H2,(H,29,32)(H,30,31)(H,33,34)(H4,25,26,27)/t15-,17-,18-/m0/s1. The van der Waals surface area contributed by atoms with Crippen LogP contribution in [0.1, 0.15) is 31.2 Å². The van der Waals surface area contributed by atoms with E-state index >= 15 is 0 Å². The van der Waals surface area contributed by atoms with E-state index in [9.17, 15) is 19.5 Å². The van der Waals surface area contributed by atoms with E-state index < -0.39 is 35.9 Å². The fraction of sp³-hybridized carbons (Fsp3) is 0.455. The number of benzene rings is 1. The number of nitrogens with two attached hydrogens (primary N) is 4. The molecule has 1 aromatic heterocycles. The summed E-state index contributed by atoms with van der Waals surface area (Å²) in [5, 5.41) is 15.6. The van der Waals surface area contributed by atoms with E-state index in [4.69, 9.17) is 22.9 Å². The van der Waals surface area contributed by atoms with Gasteiger partial charge in [-0.3, -0.25) is 14.6 Å². The quantitative estimate of drug-likeness (QED) is 0.0947. The number of carbonyl (C=O) groups is 3. The number of H-pyrrole nitrogens is 1. The lowest BCUT2D eigenvalue weighted by atomic mass is 10.0. The highest BCUT2D eigenvalue weighted by atomic mass is 16.4. The number of fused-ring (bicyclic) bond motifs is 1. The van der Waals surface area contributed by atoms with E-state index in [-0.39, 0.29) is 18.8 Å². The number of aliphatic carboxylic acids is 1. The number of guanidine groups is 1. The SMILES string of the molecule is NCCC[C@H](NC(=O)[C@H](Cc1c[nH]c2ccccc12)NC(=O)[C@@H](N)CCCN=C(N)N)C(=O)O. The molecular weight excluding hydrogens is 440 g/mol. The van der Waals surface area contributed by atoms with Gasteiger partial charge in [-0.1, -0.05) is 18.2 Å². The molecule has 12 nitrogen and oxygen atoms in total. The Hall–Kier alpha value is -3.64. The third-order valence-corrected chi connectivity index (χ3v) is 5.35. The van der Waals surface area contributed by atoms with Crippen LogP contribution in [-0.2, 0) is 20.8 Å². The van der Waals surface area contributed by atoms with Crippen molar-refractivity contribution in [2.75, 3.05) is 13.1 Å². The summed E-state index contributed by atoms with van der Waals surface area (Å²) in [5.74, 6) is -2.36. The maximum atomic E-state index is 13.1. The summed E-state index contributed by atoms with van der Waals surface area (Å²) < 4.78 is 0. The number of aromatic amines is 1. The molecule has 12 N–H and O–H groups in total. The highest BCUT2D eigenvalue weighted by Gasteiger charge is 2.28. The lowest BCUT2D eigenvalue weighted by Gasteiger charge is -2.23. The van der Waals surface area contributed by atoms with Gasteiger partial charge in [0.05, 0.1) is 6.04 Å². The molecule has 0 radical (unpaired) electrons. The number of aromatic nitrogens is 1. The van der Waals surface area contributed by atoms with E-state index in [1.807, 2.05) is 24.3 Å². The molecule has 3 atom stereocenters. The van der Waals surface area contributed by atoms with Gasteiger partial charge in [0.25, 0.3) is 0 Å². The van der Waals surface area contributed by atoms with Gasteiger partial charge in [-0.25, -0.2) is 4.79 Å². The van der Waals surface area contributed by atoms with Crippen molar-refractivity contribution in [2.45, 2.75) is 50.2 Å². The monoisotopic (exact) mass is 474 g/mol. The highest BCUT2D eigenvalue weighted by molar-refractivity contribution is 5.93. The first-order valence-corrected chi connectivity index (χ1v) is 11.1. The minimum atomic E-state index is -1.17. The maximum absolute atomic E-state index is 13.1. The number of carboxylic acid groups (broad SMARTS) is 1. The molecule has 1 aromatic carbocycles. The third-order valence-electron chi connectivity index (χ3n) is 5.35. The van der Waals surface area contributed by atoms with Gasteiger partial charge < -0.3 is 43.7 Å². The molecule has 0 bridgehead atoms. The van der Waals surface area contributed by atoms with Crippen LogP contribution in [0.15, 0.2) is 35.5 Å². The van der Waals surface area contributed by atoms with Crippen molar-refractivity contribution in [2.24, 2.45) is 27.9 Å². The van der Waals surface area contributed by atoms with Gasteiger partial charge in [0.15, 0.2) is 5.96 Å². The predicted octanol–water partition coefficient (Wildman–Crippen LogP) is -1.12. The normalized spacial score (nSPS) is 13.6. The molecule has 0 unspecified atom stereocenters. The Kier molecular flexibility index (Phi) is 10.3. The zero-order chi connectivity index (χ0) is 25.1. The van der Waals surface area contributed by atoms with Crippen molar-refractivity contribution in [1.29, 1.82) is 0 Å². The summed E-state index contributed by atoms with van der Waals surface area (Å²) in [5.41, 5.74) is 23.7. The largest absolute Gasteiger partial charge is 0.480 e. The van der Waals surface area contributed by atoms with Crippen LogP contribution in [0.5, 0.6) is 0 Å². The summed E-state index contributed by atoms with van der Waals surface area (Å²) >= 11 is 0. The Balaban J connectivity index is 2.15. The van der Waals surface area contributed by atoms with Crippen molar-refractivity contribution in [1.82, 2.24) is 15.6 Å². The van der Waals surface area contributed by atoms with Crippen LogP contribution in [0.25, 0.3) is 10.9 Å². The second-order valence-electron chi connectivity index (χ2n) is 8.01. The topological polar surface area (TPSA) is 228 Å². The first-order valence-electron chi connectivity index (χ1n) is 11.1. The number of nitrogens with zero attached hydrogens (tertiary/aromatic N) is 1. The van der Waals surface area contributed by atoms with E-state index in [1.165, 1.54) is 0 Å². The van der Waals surface area contributed by atoms with E-state index in [0.717, 1.165) is 16.5 Å². The smallest absolute Gasteiger partial charge is 0.326 e. The molecule has 0 spiro atoms. The second-order valence-corrected chi connectivity index (χ2v) is 8.01. The Morgan fingerprint density at radius 1 is 1.03 bits per heavy atom. The molecular formula is C22H34N8O4. The van der Waals surface area contributed by atoms with Crippen molar-refractivity contribution >= 4 is 34.6 Å². The number of nitrogens with one attached hydrogen (secondary N) is 3. The van der Waals surface area contributed by atoms with Crippen molar-refractivity contribution < 1.29 is 19.5 Å². The first-order chi connectivity index (χ1) is 16.2. The van der Waals surface area contributed by atoms with Gasteiger partial charge in [-0.2, -0.15) is 0 Å². The summed E-state index contributed by atoms with van der Waals surface area (Å²) in [6.45, 7) is 0.619. The van der Waals surface area contributed by atoms with Gasteiger partial charge in [-0.05, 0) is 43.9 Å². The van der Waals surface area contributed by atoms with Crippen LogP contribution in [0.4, 0.5) is 0 Å². The predicted molar refractivity (Wildman–Crippen MR) is 130 cm³/mol. The summed E-state index contributed by atoms with van der Waals surface area (Å²) in [4.78, 5) is 44.4. The summed E-state index contributed by atoms with van der Waals surface area (Å²) in [7, 11) is 0. The fourth-order valence-corrected chi connectivity index (χ4v) is 3.51. The van der Waals surface area contributed by atoms with Crippen LogP contribution in [0, 0.1) is 0 Å². The van der Waals surface area contributed by atoms with Crippen LogP contribution in [-0.4, -0.2) is 65.0 Å². The van der Waals surface area contributed by atoms with E-state index in [1.54, 1.807) is 6.20 Å². The third kappa shape index (κ3) is 8.05. The van der Waals surface area contributed by atoms with Crippen molar-refractivity contribution in [3.05, 3.63) is 36.0 Å². The highest BCUT2D eigenvalue weighted by Crippen LogP contribution is 2.19. The average Bonchev–Trinajstić information content (AvgIpc) is 3.21. The second kappa shape index (κ2) is 13.2. The lowest BCUT2D eigenvalue weighted by molar-refractivity contribution is -0.142. The molecule has 0 fully saturated rings. The van der Waals surface area contributed by atoms with Crippen molar-refractivity contribution in [3.63, 3.8) is 0 Å². The van der Waals surface area contributed by atoms with Crippen LogP contribution >= 0.6 is 0 Å². The number of carboxylic acids is 1. The van der Waals surface area contributed by atoms with Crippen LogP contribution in [0.3, 0.4) is 0 Å². The summed E-state index contributed by atoms with van der Waals surface area (Å²) in [6.07, 6.45) is 3.29. The average molecular weight is 475 g/mol.